The first-order valence-electron chi connectivity index (χ1n) is 7.53. The molecule has 1 heterocycles. The highest BCUT2D eigenvalue weighted by atomic mass is 16.5. The third-order valence-electron chi connectivity index (χ3n) is 3.97. The molecule has 6 nitrogen and oxygen atoms in total. The minimum absolute atomic E-state index is 0.128. The summed E-state index contributed by atoms with van der Waals surface area (Å²) in [6, 6.07) is 6.50. The van der Waals surface area contributed by atoms with Gasteiger partial charge in [0.15, 0.2) is 0 Å². The number of hydrogen-bond acceptors (Lipinski definition) is 5. The Hall–Kier alpha value is -1.47. The Morgan fingerprint density at radius 1 is 1.32 bits per heavy atom. The van der Waals surface area contributed by atoms with Crippen molar-refractivity contribution in [2.75, 3.05) is 19.8 Å². The molecule has 0 aromatic heterocycles. The number of aromatic carboxylic acids is 1. The van der Waals surface area contributed by atoms with Crippen molar-refractivity contribution in [3.8, 4) is 0 Å². The van der Waals surface area contributed by atoms with Crippen molar-refractivity contribution in [2.45, 2.75) is 38.1 Å². The number of carbonyl (C=O) groups is 1. The van der Waals surface area contributed by atoms with Crippen molar-refractivity contribution in [1.29, 1.82) is 0 Å². The number of aliphatic hydroxyl groups is 2. The van der Waals surface area contributed by atoms with Gasteiger partial charge in [-0.25, -0.2) is 4.79 Å². The predicted octanol–water partition coefficient (Wildman–Crippen LogP) is 0.717. The topological polar surface area (TPSA) is 90.2 Å². The van der Waals surface area contributed by atoms with E-state index in [-0.39, 0.29) is 18.2 Å². The molecule has 1 aliphatic rings. The van der Waals surface area contributed by atoms with E-state index in [1.807, 2.05) is 11.8 Å². The van der Waals surface area contributed by atoms with Crippen LogP contribution in [0, 0.1) is 0 Å². The van der Waals surface area contributed by atoms with Gasteiger partial charge in [0.05, 0.1) is 30.9 Å². The van der Waals surface area contributed by atoms with Crippen LogP contribution < -0.4 is 0 Å². The van der Waals surface area contributed by atoms with Gasteiger partial charge in [0, 0.05) is 6.54 Å². The summed E-state index contributed by atoms with van der Waals surface area (Å²) in [5, 5.41) is 29.3. The van der Waals surface area contributed by atoms with E-state index in [1.165, 1.54) is 0 Å². The molecular weight excluding hydrogens is 286 g/mol. The van der Waals surface area contributed by atoms with Crippen molar-refractivity contribution >= 4 is 5.97 Å². The molecule has 0 saturated carbocycles. The fourth-order valence-electron chi connectivity index (χ4n) is 2.82. The molecule has 0 radical (unpaired) electrons. The summed E-state index contributed by atoms with van der Waals surface area (Å²) >= 11 is 0. The Kier molecular flexibility index (Phi) is 5.90. The number of carboxylic acid groups (broad SMARTS) is 1. The van der Waals surface area contributed by atoms with E-state index in [1.54, 1.807) is 24.3 Å². The van der Waals surface area contributed by atoms with Gasteiger partial charge < -0.3 is 20.1 Å². The van der Waals surface area contributed by atoms with E-state index in [0.29, 0.717) is 25.3 Å². The van der Waals surface area contributed by atoms with Gasteiger partial charge in [0.1, 0.15) is 6.10 Å². The van der Waals surface area contributed by atoms with Crippen molar-refractivity contribution in [1.82, 2.24) is 4.90 Å². The van der Waals surface area contributed by atoms with Crippen LogP contribution in [-0.2, 0) is 11.3 Å². The highest BCUT2D eigenvalue weighted by Gasteiger charge is 2.35. The van der Waals surface area contributed by atoms with E-state index in [4.69, 9.17) is 4.74 Å². The molecule has 1 saturated heterocycles. The lowest BCUT2D eigenvalue weighted by Crippen LogP contribution is -2.55. The standard InChI is InChI=1S/C16H23NO5/c1-2-7-17(13-9-22-10-14(18)15(13)19)8-11-5-3-4-6-12(11)16(20)21/h3-6,13-15,18-19H,2,7-10H2,1H3,(H,20,21)/t13-,14-,15+/m1/s1. The summed E-state index contributed by atoms with van der Waals surface area (Å²) in [7, 11) is 0. The number of rotatable bonds is 6. The summed E-state index contributed by atoms with van der Waals surface area (Å²) < 4.78 is 5.34. The molecule has 22 heavy (non-hydrogen) atoms. The molecule has 0 amide bonds. The molecule has 0 aliphatic carbocycles. The number of benzene rings is 1. The van der Waals surface area contributed by atoms with E-state index < -0.39 is 18.2 Å². The monoisotopic (exact) mass is 309 g/mol. The van der Waals surface area contributed by atoms with Gasteiger partial charge in [0.2, 0.25) is 0 Å². The van der Waals surface area contributed by atoms with Gasteiger partial charge in [-0.1, -0.05) is 25.1 Å². The molecule has 3 atom stereocenters. The van der Waals surface area contributed by atoms with E-state index >= 15 is 0 Å². The second kappa shape index (κ2) is 7.69. The normalized spacial score (nSPS) is 25.4. The van der Waals surface area contributed by atoms with E-state index in [9.17, 15) is 20.1 Å². The zero-order valence-corrected chi connectivity index (χ0v) is 12.7. The molecule has 0 spiro atoms. The first-order chi connectivity index (χ1) is 10.5. The van der Waals surface area contributed by atoms with Crippen molar-refractivity contribution in [3.05, 3.63) is 35.4 Å². The second-order valence-electron chi connectivity index (χ2n) is 5.60. The average molecular weight is 309 g/mol. The van der Waals surface area contributed by atoms with Crippen LogP contribution in [0.2, 0.25) is 0 Å². The van der Waals surface area contributed by atoms with Crippen LogP contribution in [0.5, 0.6) is 0 Å². The minimum Gasteiger partial charge on any atom is -0.478 e. The lowest BCUT2D eigenvalue weighted by molar-refractivity contribution is -0.134. The summed E-state index contributed by atoms with van der Waals surface area (Å²) in [5.74, 6) is -0.965. The molecule has 122 valence electrons. The van der Waals surface area contributed by atoms with Crippen LogP contribution in [0.1, 0.15) is 29.3 Å². The molecule has 0 unspecified atom stereocenters. The maximum absolute atomic E-state index is 11.3. The maximum atomic E-state index is 11.3. The summed E-state index contributed by atoms with van der Waals surface area (Å²) in [6.07, 6.45) is -0.945. The van der Waals surface area contributed by atoms with Crippen LogP contribution in [0.25, 0.3) is 0 Å². The first-order valence-corrected chi connectivity index (χ1v) is 7.53. The Morgan fingerprint density at radius 2 is 2.05 bits per heavy atom. The molecule has 3 N–H and O–H groups in total. The summed E-state index contributed by atoms with van der Waals surface area (Å²) in [5.41, 5.74) is 0.950. The van der Waals surface area contributed by atoms with Crippen LogP contribution >= 0.6 is 0 Å². The van der Waals surface area contributed by atoms with Gasteiger partial charge in [-0.3, -0.25) is 4.90 Å². The Morgan fingerprint density at radius 3 is 2.73 bits per heavy atom. The van der Waals surface area contributed by atoms with Crippen LogP contribution in [-0.4, -0.2) is 64.2 Å². The fraction of sp³-hybridized carbons (Fsp3) is 0.562. The quantitative estimate of drug-likeness (QED) is 0.717. The molecule has 1 aromatic rings. The van der Waals surface area contributed by atoms with Gasteiger partial charge in [-0.05, 0) is 24.6 Å². The molecule has 2 rings (SSSR count). The zero-order valence-electron chi connectivity index (χ0n) is 12.7. The Labute approximate surface area is 129 Å². The molecule has 0 bridgehead atoms. The number of carboxylic acids is 1. The summed E-state index contributed by atoms with van der Waals surface area (Å²) in [4.78, 5) is 13.3. The van der Waals surface area contributed by atoms with Crippen molar-refractivity contribution < 1.29 is 24.9 Å². The van der Waals surface area contributed by atoms with Crippen molar-refractivity contribution in [3.63, 3.8) is 0 Å². The highest BCUT2D eigenvalue weighted by Crippen LogP contribution is 2.20. The van der Waals surface area contributed by atoms with Crippen LogP contribution in [0.4, 0.5) is 0 Å². The number of aliphatic hydroxyl groups excluding tert-OH is 2. The zero-order chi connectivity index (χ0) is 16.1. The van der Waals surface area contributed by atoms with Gasteiger partial charge in [-0.15, -0.1) is 0 Å². The Balaban J connectivity index is 2.20. The highest BCUT2D eigenvalue weighted by molar-refractivity contribution is 5.89. The third kappa shape index (κ3) is 3.84. The lowest BCUT2D eigenvalue weighted by atomic mass is 10.00. The minimum atomic E-state index is -0.965. The van der Waals surface area contributed by atoms with E-state index in [0.717, 1.165) is 6.42 Å². The average Bonchev–Trinajstić information content (AvgIpc) is 2.50. The first kappa shape index (κ1) is 16.9. The number of ether oxygens (including phenoxy) is 1. The summed E-state index contributed by atoms with van der Waals surface area (Å²) in [6.45, 7) is 3.55. The van der Waals surface area contributed by atoms with Crippen LogP contribution in [0.3, 0.4) is 0 Å². The smallest absolute Gasteiger partial charge is 0.336 e. The van der Waals surface area contributed by atoms with Gasteiger partial charge in [-0.2, -0.15) is 0 Å². The number of hydrogen-bond donors (Lipinski definition) is 3. The van der Waals surface area contributed by atoms with Crippen LogP contribution in [0.15, 0.2) is 24.3 Å². The van der Waals surface area contributed by atoms with E-state index in [2.05, 4.69) is 0 Å². The molecule has 1 aromatic carbocycles. The van der Waals surface area contributed by atoms with Crippen molar-refractivity contribution in [2.24, 2.45) is 0 Å². The largest absolute Gasteiger partial charge is 0.478 e. The maximum Gasteiger partial charge on any atom is 0.336 e. The molecular formula is C16H23NO5. The van der Waals surface area contributed by atoms with Gasteiger partial charge in [0.25, 0.3) is 0 Å². The molecule has 6 heteroatoms. The van der Waals surface area contributed by atoms with Gasteiger partial charge >= 0.3 is 5.97 Å². The SMILES string of the molecule is CCCN(Cc1ccccc1C(=O)O)[C@@H]1COC[C@@H](O)[C@H]1O. The fourth-order valence-corrected chi connectivity index (χ4v) is 2.82. The second-order valence-corrected chi connectivity index (χ2v) is 5.60. The molecule has 1 aliphatic heterocycles. The lowest BCUT2D eigenvalue weighted by Gasteiger charge is -2.39. The predicted molar refractivity (Wildman–Crippen MR) is 80.7 cm³/mol. The number of nitrogens with zero attached hydrogens (tertiary/aromatic N) is 1. The Bertz CT molecular complexity index is 507. The molecule has 1 fully saturated rings. The third-order valence-corrected chi connectivity index (χ3v) is 3.97.